The van der Waals surface area contributed by atoms with Crippen LogP contribution in [-0.4, -0.2) is 118 Å². The second-order valence-corrected chi connectivity index (χ2v) is 23.8. The number of alkyl halides is 1. The molecule has 2 aromatic carbocycles. The van der Waals surface area contributed by atoms with Gasteiger partial charge in [-0.3, -0.25) is 24.0 Å². The van der Waals surface area contributed by atoms with Gasteiger partial charge >= 0.3 is 0 Å². The van der Waals surface area contributed by atoms with Crippen LogP contribution in [0, 0.1) is 23.7 Å². The highest BCUT2D eigenvalue weighted by Crippen LogP contribution is 2.42. The number of benzene rings is 2. The van der Waals surface area contributed by atoms with E-state index in [9.17, 15) is 28.4 Å². The van der Waals surface area contributed by atoms with Crippen molar-refractivity contribution < 1.29 is 33.1 Å². The summed E-state index contributed by atoms with van der Waals surface area (Å²) in [6.45, 7) is 13.8. The summed E-state index contributed by atoms with van der Waals surface area (Å²) in [4.78, 5) is 87.8. The summed E-state index contributed by atoms with van der Waals surface area (Å²) in [6, 6.07) is 9.40. The SMILES string of the molecule is Cc1ncsc1-c1ccc(CNC(=O)[C@@H]2CCCN2C(=O)[C@@H](NC(=O)C2(F)CC2)C(C)(C)C)c(OCCC2CCN(C(=O)CC(=O)Nc3cccc(Sc4ncc(N5CCC(C)(CN)CC5)nc4N)c3Cl)CC2)c1. The average Bonchev–Trinajstić information content (AvgIpc) is 3.70. The van der Waals surface area contributed by atoms with Gasteiger partial charge < -0.3 is 46.9 Å². The predicted molar refractivity (Wildman–Crippen MR) is 287 cm³/mol. The molecule has 17 nitrogen and oxygen atoms in total. The van der Waals surface area contributed by atoms with Gasteiger partial charge in [-0.2, -0.15) is 0 Å². The molecule has 5 heterocycles. The molecule has 8 rings (SSSR count). The van der Waals surface area contributed by atoms with Crippen molar-refractivity contribution >= 4 is 81.6 Å². The third-order valence-corrected chi connectivity index (χ3v) is 17.5. The Morgan fingerprint density at radius 3 is 2.42 bits per heavy atom. The molecule has 398 valence electrons. The lowest BCUT2D eigenvalue weighted by Gasteiger charge is -2.39. The van der Waals surface area contributed by atoms with Gasteiger partial charge in [-0.15, -0.1) is 11.3 Å². The van der Waals surface area contributed by atoms with Crippen molar-refractivity contribution in [1.29, 1.82) is 0 Å². The Kier molecular flexibility index (Phi) is 17.1. The first-order valence-corrected chi connectivity index (χ1v) is 27.7. The first kappa shape index (κ1) is 54.7. The Labute approximate surface area is 445 Å². The maximum absolute atomic E-state index is 14.7. The van der Waals surface area contributed by atoms with Gasteiger partial charge in [-0.1, -0.05) is 69.3 Å². The number of thiazole rings is 1. The zero-order valence-electron chi connectivity index (χ0n) is 42.9. The number of piperidine rings is 2. The van der Waals surface area contributed by atoms with Gasteiger partial charge in [0.25, 0.3) is 5.91 Å². The van der Waals surface area contributed by atoms with Crippen LogP contribution in [0.15, 0.2) is 58.0 Å². The number of likely N-dealkylation sites (tertiary alicyclic amines) is 2. The number of carbonyl (C=O) groups excluding carboxylic acids is 5. The summed E-state index contributed by atoms with van der Waals surface area (Å²) in [5.41, 5.74) is 14.6. The van der Waals surface area contributed by atoms with Crippen molar-refractivity contribution in [3.63, 3.8) is 0 Å². The summed E-state index contributed by atoms with van der Waals surface area (Å²) in [5, 5.41) is 9.31. The smallest absolute Gasteiger partial charge is 0.258 e. The quantitative estimate of drug-likeness (QED) is 0.0608. The molecular formula is C53H69ClFN11O6S2. The van der Waals surface area contributed by atoms with Gasteiger partial charge in [0.05, 0.1) is 39.6 Å². The number of carbonyl (C=O) groups is 5. The Morgan fingerprint density at radius 1 is 1.01 bits per heavy atom. The van der Waals surface area contributed by atoms with Gasteiger partial charge in [0.2, 0.25) is 23.6 Å². The van der Waals surface area contributed by atoms with E-state index in [2.05, 4.69) is 42.7 Å². The van der Waals surface area contributed by atoms with Gasteiger partial charge in [0, 0.05) is 49.7 Å². The van der Waals surface area contributed by atoms with Crippen LogP contribution < -0.4 is 37.1 Å². The fourth-order valence-corrected chi connectivity index (χ4v) is 11.6. The lowest BCUT2D eigenvalue weighted by atomic mass is 9.80. The summed E-state index contributed by atoms with van der Waals surface area (Å²) in [7, 11) is 0. The second kappa shape index (κ2) is 23.1. The van der Waals surface area contributed by atoms with Crippen molar-refractivity contribution in [1.82, 2.24) is 35.4 Å². The molecule has 7 N–H and O–H groups in total. The molecule has 2 atom stereocenters. The number of halogens is 2. The zero-order chi connectivity index (χ0) is 53.0. The summed E-state index contributed by atoms with van der Waals surface area (Å²) in [6.07, 6.45) is 6.88. The molecule has 4 aromatic rings. The summed E-state index contributed by atoms with van der Waals surface area (Å²) >= 11 is 9.57. The number of nitrogens with one attached hydrogen (secondary N) is 3. The molecule has 4 aliphatic rings. The molecule has 1 aliphatic carbocycles. The number of hydrogen-bond donors (Lipinski definition) is 5. The fourth-order valence-electron chi connectivity index (χ4n) is 9.70. The lowest BCUT2D eigenvalue weighted by molar-refractivity contribution is -0.144. The number of ether oxygens (including phenoxy) is 1. The van der Waals surface area contributed by atoms with Crippen molar-refractivity contribution in [2.75, 3.05) is 61.8 Å². The van der Waals surface area contributed by atoms with Crippen molar-refractivity contribution in [2.45, 2.75) is 133 Å². The molecule has 0 spiro atoms. The normalized spacial score (nSPS) is 18.9. The highest BCUT2D eigenvalue weighted by molar-refractivity contribution is 7.99. The van der Waals surface area contributed by atoms with Crippen LogP contribution in [0.5, 0.6) is 5.75 Å². The molecule has 0 bridgehead atoms. The number of aryl methyl sites for hydroxylation is 1. The van der Waals surface area contributed by atoms with E-state index in [-0.39, 0.29) is 54.8 Å². The van der Waals surface area contributed by atoms with E-state index in [1.165, 1.54) is 28.0 Å². The lowest BCUT2D eigenvalue weighted by Crippen LogP contribution is -2.58. The van der Waals surface area contributed by atoms with Crippen molar-refractivity contribution in [3.05, 3.63) is 64.4 Å². The topological polar surface area (TPSA) is 231 Å². The number of nitrogen functional groups attached to an aromatic ring is 1. The van der Waals surface area contributed by atoms with E-state index in [1.807, 2.05) is 52.0 Å². The molecule has 5 amide bonds. The van der Waals surface area contributed by atoms with Crippen molar-refractivity contribution in [3.8, 4) is 16.2 Å². The molecular weight excluding hydrogens is 1010 g/mol. The Bertz CT molecular complexity index is 2720. The predicted octanol–water partition coefficient (Wildman–Crippen LogP) is 7.54. The molecule has 3 saturated heterocycles. The van der Waals surface area contributed by atoms with Crippen LogP contribution in [0.2, 0.25) is 5.02 Å². The monoisotopic (exact) mass is 1070 g/mol. The van der Waals surface area contributed by atoms with Gasteiger partial charge in [-0.25, -0.2) is 19.3 Å². The third kappa shape index (κ3) is 13.1. The summed E-state index contributed by atoms with van der Waals surface area (Å²) < 4.78 is 21.2. The standard InChI is InChI=1S/C53H69ClFN11O6S2/c1-32-44(73-31-60-32)34-11-12-35(28-58-47(69)37-9-7-20-66(37)49(70)45(51(2,3)4)63-50(71)53(55)16-17-53)38(26-34)72-25-15-33-13-21-65(22-14-33)42(68)27-41(67)61-36-8-6-10-39(43(36)54)74-48-46(57)62-40(29-59-48)64-23-18-52(5,30-56)19-24-64/h6,8,10-12,26,29,31,33,37,45H,7,9,13-25,27-28,30,56H2,1-5H3,(H2,57,62)(H,58,69)(H,61,67)(H,63,71)/t37-,45+/m0/s1. The van der Waals surface area contributed by atoms with Crippen LogP contribution >= 0.6 is 34.7 Å². The van der Waals surface area contributed by atoms with Crippen LogP contribution in [-0.2, 0) is 30.5 Å². The van der Waals surface area contributed by atoms with E-state index in [0.29, 0.717) is 77.8 Å². The zero-order valence-corrected chi connectivity index (χ0v) is 45.3. The largest absolute Gasteiger partial charge is 0.493 e. The maximum Gasteiger partial charge on any atom is 0.258 e. The molecule has 3 aliphatic heterocycles. The number of nitrogens with two attached hydrogens (primary N) is 2. The first-order chi connectivity index (χ1) is 35.2. The second-order valence-electron chi connectivity index (χ2n) is 21.6. The molecule has 0 radical (unpaired) electrons. The minimum atomic E-state index is -1.93. The van der Waals surface area contributed by atoms with Gasteiger partial charge in [0.1, 0.15) is 35.1 Å². The minimum Gasteiger partial charge on any atom is -0.493 e. The van der Waals surface area contributed by atoms with E-state index in [0.717, 1.165) is 66.9 Å². The van der Waals surface area contributed by atoms with Crippen molar-refractivity contribution in [2.24, 2.45) is 22.5 Å². The molecule has 1 saturated carbocycles. The van der Waals surface area contributed by atoms with Gasteiger partial charge in [0.15, 0.2) is 11.5 Å². The maximum atomic E-state index is 14.7. The van der Waals surface area contributed by atoms with Crippen LogP contribution in [0.4, 0.5) is 21.7 Å². The minimum absolute atomic E-state index is 0.123. The molecule has 4 fully saturated rings. The Morgan fingerprint density at radius 2 is 1.76 bits per heavy atom. The fraction of sp³-hybridized carbons (Fsp3) is 0.547. The number of anilines is 3. The number of rotatable bonds is 18. The van der Waals surface area contributed by atoms with Crippen LogP contribution in [0.3, 0.4) is 0 Å². The highest BCUT2D eigenvalue weighted by Gasteiger charge is 2.53. The van der Waals surface area contributed by atoms with E-state index >= 15 is 0 Å². The van der Waals surface area contributed by atoms with E-state index in [4.69, 9.17) is 27.8 Å². The van der Waals surface area contributed by atoms with Gasteiger partial charge in [-0.05, 0) is 112 Å². The Hall–Kier alpha value is -5.57. The number of aromatic nitrogens is 3. The molecule has 21 heteroatoms. The third-order valence-electron chi connectivity index (χ3n) is 14.9. The van der Waals surface area contributed by atoms with Crippen LogP contribution in [0.25, 0.3) is 10.4 Å². The number of nitrogens with zero attached hydrogens (tertiary/aromatic N) is 6. The Balaban J connectivity index is 0.813. The van der Waals surface area contributed by atoms with Crippen LogP contribution in [0.1, 0.15) is 103 Å². The van der Waals surface area contributed by atoms with E-state index in [1.54, 1.807) is 28.7 Å². The highest BCUT2D eigenvalue weighted by atomic mass is 35.5. The number of hydrogen-bond acceptors (Lipinski definition) is 14. The average molecular weight is 1070 g/mol. The molecule has 74 heavy (non-hydrogen) atoms. The molecule has 2 aromatic heterocycles. The number of amides is 5. The first-order valence-electron chi connectivity index (χ1n) is 25.6. The molecule has 0 unspecified atom stereocenters. The summed E-state index contributed by atoms with van der Waals surface area (Å²) in [5.74, 6) is -0.339. The van der Waals surface area contributed by atoms with E-state index < -0.39 is 40.9 Å².